The fraction of sp³-hybridized carbons (Fsp3) is 0.111. The predicted octanol–water partition coefficient (Wildman–Crippen LogP) is 2.06. The minimum Gasteiger partial charge on any atom is -0.282 e. The highest BCUT2D eigenvalue weighted by molar-refractivity contribution is 7.85. The van der Waals surface area contributed by atoms with E-state index < -0.39 is 10.1 Å². The fourth-order valence-corrected chi connectivity index (χ4v) is 2.61. The van der Waals surface area contributed by atoms with Gasteiger partial charge in [-0.1, -0.05) is 0 Å². The van der Waals surface area contributed by atoms with Gasteiger partial charge >= 0.3 is 0 Å². The van der Waals surface area contributed by atoms with E-state index in [-0.39, 0.29) is 4.90 Å². The van der Waals surface area contributed by atoms with Gasteiger partial charge in [0.1, 0.15) is 0 Å². The summed E-state index contributed by atoms with van der Waals surface area (Å²) in [6, 6.07) is 3.08. The Kier molecular flexibility index (Phi) is 2.10. The van der Waals surface area contributed by atoms with Crippen molar-refractivity contribution in [2.45, 2.75) is 11.8 Å². The molecule has 5 heteroatoms. The molecule has 2 radical (unpaired) electrons. The van der Waals surface area contributed by atoms with Crippen molar-refractivity contribution in [3.8, 4) is 0 Å². The minimum absolute atomic E-state index is 0.0620. The van der Waals surface area contributed by atoms with Crippen LogP contribution < -0.4 is 0 Å². The van der Waals surface area contributed by atoms with E-state index in [2.05, 4.69) is 10.8 Å². The van der Waals surface area contributed by atoms with E-state index in [4.69, 9.17) is 4.55 Å². The van der Waals surface area contributed by atoms with Crippen LogP contribution in [0.5, 0.6) is 0 Å². The zero-order valence-corrected chi connectivity index (χ0v) is 8.87. The van der Waals surface area contributed by atoms with E-state index in [1.807, 2.05) is 0 Å². The molecule has 0 amide bonds. The normalized spacial score (nSPS) is 12.1. The molecule has 2 aromatic rings. The highest BCUT2D eigenvalue weighted by Crippen LogP contribution is 2.24. The topological polar surface area (TPSA) is 54.4 Å². The Bertz CT molecular complexity index is 581. The Balaban J connectivity index is 2.84. The number of fused-ring (bicyclic) bond motifs is 1. The summed E-state index contributed by atoms with van der Waals surface area (Å²) in [6.07, 6.45) is 0. The van der Waals surface area contributed by atoms with Gasteiger partial charge in [-0.3, -0.25) is 4.55 Å². The first-order valence-corrected chi connectivity index (χ1v) is 6.04. The molecule has 72 valence electrons. The lowest BCUT2D eigenvalue weighted by atomic mass is 10.1. The fourth-order valence-electron chi connectivity index (χ4n) is 1.27. The van der Waals surface area contributed by atoms with Gasteiger partial charge in [-0.25, -0.2) is 0 Å². The summed E-state index contributed by atoms with van der Waals surface area (Å²) in [5, 5.41) is 7.30. The van der Waals surface area contributed by atoms with E-state index in [1.165, 1.54) is 17.4 Å². The highest BCUT2D eigenvalue weighted by atomic mass is 32.2. The average Bonchev–Trinajstić information content (AvgIpc) is 2.47. The molecule has 0 fully saturated rings. The molecular formula is C9H6O3S2. The van der Waals surface area contributed by atoms with Gasteiger partial charge in [0.05, 0.1) is 15.7 Å². The van der Waals surface area contributed by atoms with Crippen molar-refractivity contribution in [1.82, 2.24) is 0 Å². The molecule has 1 heterocycles. The van der Waals surface area contributed by atoms with E-state index >= 15 is 0 Å². The van der Waals surface area contributed by atoms with Crippen molar-refractivity contribution < 1.29 is 13.0 Å². The quantitative estimate of drug-likeness (QED) is 0.757. The minimum atomic E-state index is -4.13. The Morgan fingerprint density at radius 1 is 1.29 bits per heavy atom. The third-order valence-electron chi connectivity index (χ3n) is 1.91. The zero-order chi connectivity index (χ0) is 10.3. The Morgan fingerprint density at radius 3 is 2.43 bits per heavy atom. The zero-order valence-electron chi connectivity index (χ0n) is 7.23. The molecule has 0 aliphatic carbocycles. The smallest absolute Gasteiger partial charge is 0.282 e. The summed E-state index contributed by atoms with van der Waals surface area (Å²) in [7, 11) is -4.13. The number of aryl methyl sites for hydroxylation is 1. The van der Waals surface area contributed by atoms with E-state index in [9.17, 15) is 8.42 Å². The first-order chi connectivity index (χ1) is 6.48. The number of hydrogen-bond acceptors (Lipinski definition) is 3. The Morgan fingerprint density at radius 2 is 1.86 bits per heavy atom. The molecule has 0 aliphatic heterocycles. The molecule has 14 heavy (non-hydrogen) atoms. The highest BCUT2D eigenvalue weighted by Gasteiger charge is 2.14. The van der Waals surface area contributed by atoms with Crippen LogP contribution in [0.15, 0.2) is 17.0 Å². The van der Waals surface area contributed by atoms with E-state index in [1.54, 1.807) is 13.0 Å². The molecule has 0 atom stereocenters. The molecule has 0 unspecified atom stereocenters. The third kappa shape index (κ3) is 1.54. The number of hydrogen-bond donors (Lipinski definition) is 1. The maximum absolute atomic E-state index is 11.0. The Hall–Kier alpha value is -0.910. The van der Waals surface area contributed by atoms with E-state index in [0.717, 1.165) is 5.39 Å². The maximum Gasteiger partial charge on any atom is 0.294 e. The lowest BCUT2D eigenvalue weighted by Gasteiger charge is -2.01. The van der Waals surface area contributed by atoms with Gasteiger partial charge < -0.3 is 0 Å². The standard InChI is InChI=1S/C9H6O3S2/c1-6-2-7-4-13-5-8(7)3-9(6)14(10,11)12/h2-3H,1H3,(H,10,11,12). The van der Waals surface area contributed by atoms with Crippen LogP contribution in [0.2, 0.25) is 0 Å². The number of thiophene rings is 1. The van der Waals surface area contributed by atoms with Gasteiger partial charge in [-0.2, -0.15) is 8.42 Å². The second kappa shape index (κ2) is 3.05. The second-order valence-corrected chi connectivity index (χ2v) is 4.95. The predicted molar refractivity (Wildman–Crippen MR) is 54.0 cm³/mol. The van der Waals surface area contributed by atoms with Gasteiger partial charge in [0.25, 0.3) is 10.1 Å². The first-order valence-electron chi connectivity index (χ1n) is 3.78. The largest absolute Gasteiger partial charge is 0.294 e. The van der Waals surface area contributed by atoms with Crippen LogP contribution >= 0.6 is 11.3 Å². The molecule has 2 rings (SSSR count). The van der Waals surface area contributed by atoms with Crippen LogP contribution in [-0.2, 0) is 10.1 Å². The SMILES string of the molecule is Cc1cc2[c]s[c]c2cc1S(=O)(=O)O. The average molecular weight is 226 g/mol. The molecule has 3 nitrogen and oxygen atoms in total. The Labute approximate surface area is 85.7 Å². The second-order valence-electron chi connectivity index (χ2n) is 2.94. The molecular weight excluding hydrogens is 220 g/mol. The summed E-state index contributed by atoms with van der Waals surface area (Å²) in [5.41, 5.74) is 0.517. The van der Waals surface area contributed by atoms with Crippen LogP contribution in [0.25, 0.3) is 10.8 Å². The summed E-state index contributed by atoms with van der Waals surface area (Å²) >= 11 is 1.25. The molecule has 1 aromatic carbocycles. The van der Waals surface area contributed by atoms with Crippen molar-refractivity contribution in [2.75, 3.05) is 0 Å². The number of benzene rings is 1. The van der Waals surface area contributed by atoms with E-state index in [0.29, 0.717) is 10.9 Å². The number of rotatable bonds is 1. The van der Waals surface area contributed by atoms with Crippen molar-refractivity contribution in [3.05, 3.63) is 28.5 Å². The van der Waals surface area contributed by atoms with Crippen LogP contribution in [0.4, 0.5) is 0 Å². The maximum atomic E-state index is 11.0. The van der Waals surface area contributed by atoms with Crippen molar-refractivity contribution >= 4 is 32.2 Å². The van der Waals surface area contributed by atoms with Crippen LogP contribution in [0, 0.1) is 17.7 Å². The van der Waals surface area contributed by atoms with Gasteiger partial charge in [0.2, 0.25) is 0 Å². The summed E-state index contributed by atoms with van der Waals surface area (Å²) < 4.78 is 30.8. The van der Waals surface area contributed by atoms with Gasteiger partial charge in [-0.15, -0.1) is 11.3 Å². The molecule has 0 bridgehead atoms. The molecule has 1 aromatic heterocycles. The van der Waals surface area contributed by atoms with Crippen LogP contribution in [0.1, 0.15) is 5.56 Å². The monoisotopic (exact) mass is 226 g/mol. The first kappa shape index (κ1) is 9.64. The third-order valence-corrected chi connectivity index (χ3v) is 3.55. The van der Waals surface area contributed by atoms with Gasteiger partial charge in [-0.05, 0) is 24.6 Å². The van der Waals surface area contributed by atoms with Crippen molar-refractivity contribution in [3.63, 3.8) is 0 Å². The van der Waals surface area contributed by atoms with Gasteiger partial charge in [0.15, 0.2) is 0 Å². The summed E-state index contributed by atoms with van der Waals surface area (Å²) in [5.74, 6) is 0. The lowest BCUT2D eigenvalue weighted by Crippen LogP contribution is -2.00. The molecule has 0 spiro atoms. The van der Waals surface area contributed by atoms with Crippen LogP contribution in [-0.4, -0.2) is 13.0 Å². The molecule has 0 aliphatic rings. The lowest BCUT2D eigenvalue weighted by molar-refractivity contribution is 0.482. The molecule has 0 saturated heterocycles. The summed E-state index contributed by atoms with van der Waals surface area (Å²) in [6.45, 7) is 1.63. The van der Waals surface area contributed by atoms with Crippen molar-refractivity contribution in [2.24, 2.45) is 0 Å². The van der Waals surface area contributed by atoms with Crippen LogP contribution in [0.3, 0.4) is 0 Å². The molecule has 1 N–H and O–H groups in total. The molecule has 0 saturated carbocycles. The summed E-state index contributed by atoms with van der Waals surface area (Å²) in [4.78, 5) is -0.0620. The van der Waals surface area contributed by atoms with Gasteiger partial charge in [0, 0.05) is 10.8 Å². The van der Waals surface area contributed by atoms with Crippen molar-refractivity contribution in [1.29, 1.82) is 0 Å².